The van der Waals surface area contributed by atoms with Crippen LogP contribution >= 0.6 is 0 Å². The maximum atomic E-state index is 13.0. The number of aromatic nitrogens is 4. The molecule has 0 aromatic carbocycles. The number of nitrogens with one attached hydrogen (secondary N) is 3. The second-order valence-electron chi connectivity index (χ2n) is 8.27. The summed E-state index contributed by atoms with van der Waals surface area (Å²) in [4.78, 5) is 20.9. The van der Waals surface area contributed by atoms with Crippen LogP contribution in [0.5, 0.6) is 0 Å². The Hall–Kier alpha value is -2.93. The first-order valence-corrected chi connectivity index (χ1v) is 11.0. The summed E-state index contributed by atoms with van der Waals surface area (Å²) in [7, 11) is 0. The van der Waals surface area contributed by atoms with Gasteiger partial charge < -0.3 is 15.6 Å². The van der Waals surface area contributed by atoms with Crippen LogP contribution < -0.4 is 10.6 Å². The number of pyridine rings is 1. The minimum Gasteiger partial charge on any atom is -0.364 e. The lowest BCUT2D eigenvalue weighted by molar-refractivity contribution is 0.102. The lowest BCUT2D eigenvalue weighted by Gasteiger charge is -2.26. The first kappa shape index (κ1) is 19.1. The fraction of sp³-hybridized carbons (Fsp3) is 0.435. The monoisotopic (exact) mass is 404 g/mol. The number of nitrogens with zero attached hydrogens (tertiary/aromatic N) is 3. The van der Waals surface area contributed by atoms with Crippen LogP contribution in [0.25, 0.3) is 11.3 Å². The molecule has 3 N–H and O–H groups in total. The topological polar surface area (TPSA) is 87.6 Å². The molecule has 0 spiro atoms. The molecule has 0 bridgehead atoms. The molecule has 2 aliphatic rings. The smallest absolute Gasteiger partial charge is 0.259 e. The molecule has 156 valence electrons. The maximum absolute atomic E-state index is 13.0. The van der Waals surface area contributed by atoms with Crippen molar-refractivity contribution in [3.63, 3.8) is 0 Å². The van der Waals surface area contributed by atoms with Crippen LogP contribution in [0.4, 0.5) is 5.82 Å². The van der Waals surface area contributed by atoms with E-state index in [-0.39, 0.29) is 5.91 Å². The third kappa shape index (κ3) is 3.89. The number of hydrogen-bond donors (Lipinski definition) is 3. The Morgan fingerprint density at radius 3 is 3.03 bits per heavy atom. The van der Waals surface area contributed by atoms with Crippen LogP contribution in [-0.4, -0.2) is 38.2 Å². The fourth-order valence-electron chi connectivity index (χ4n) is 4.33. The van der Waals surface area contributed by atoms with Gasteiger partial charge in [-0.1, -0.05) is 12.5 Å². The maximum Gasteiger partial charge on any atom is 0.259 e. The van der Waals surface area contributed by atoms with Crippen molar-refractivity contribution in [2.75, 3.05) is 11.9 Å². The average Bonchev–Trinajstić information content (AvgIpc) is 3.29. The minimum absolute atomic E-state index is 0.150. The number of aryl methyl sites for hydroxylation is 3. The molecule has 1 saturated carbocycles. The van der Waals surface area contributed by atoms with Crippen molar-refractivity contribution in [1.82, 2.24) is 25.1 Å². The molecule has 0 saturated heterocycles. The summed E-state index contributed by atoms with van der Waals surface area (Å²) in [5.74, 6) is 0.430. The molecule has 2 aliphatic carbocycles. The van der Waals surface area contributed by atoms with Gasteiger partial charge in [0.15, 0.2) is 5.82 Å². The van der Waals surface area contributed by atoms with E-state index >= 15 is 0 Å². The lowest BCUT2D eigenvalue weighted by Crippen LogP contribution is -2.35. The van der Waals surface area contributed by atoms with E-state index in [4.69, 9.17) is 0 Å². The molecule has 0 aliphatic heterocycles. The van der Waals surface area contributed by atoms with Gasteiger partial charge in [0.05, 0.1) is 11.3 Å². The quantitative estimate of drug-likeness (QED) is 0.526. The molecule has 3 heterocycles. The summed E-state index contributed by atoms with van der Waals surface area (Å²) in [5.41, 5.74) is 4.76. The molecule has 3 aromatic heterocycles. The second-order valence-corrected chi connectivity index (χ2v) is 8.27. The summed E-state index contributed by atoms with van der Waals surface area (Å²) in [6.07, 6.45) is 13.5. The van der Waals surface area contributed by atoms with E-state index in [2.05, 4.69) is 31.8 Å². The molecular formula is C23H28N6O. The van der Waals surface area contributed by atoms with E-state index in [1.54, 1.807) is 12.4 Å². The minimum atomic E-state index is -0.150. The number of amides is 1. The highest BCUT2D eigenvalue weighted by atomic mass is 16.1. The predicted molar refractivity (Wildman–Crippen MR) is 116 cm³/mol. The standard InChI is InChI=1S/C23H28N6O/c30-23(27-20-10-14-29(28-20)13-4-12-24-17-7-2-8-17)18-15-26-19-9-1-5-16-6-3-11-25-22(16)21(18)19/h3,6,10-11,14-15,17,24,26H,1-2,4-5,7-9,12-13H2,(H,27,28,30). The highest BCUT2D eigenvalue weighted by Crippen LogP contribution is 2.33. The molecule has 0 unspecified atom stereocenters. The van der Waals surface area contributed by atoms with Crippen molar-refractivity contribution in [2.45, 2.75) is 57.5 Å². The molecule has 1 fully saturated rings. The number of rotatable bonds is 7. The summed E-state index contributed by atoms with van der Waals surface area (Å²) < 4.78 is 1.90. The molecule has 7 heteroatoms. The van der Waals surface area contributed by atoms with Gasteiger partial charge in [0.1, 0.15) is 0 Å². The fourth-order valence-corrected chi connectivity index (χ4v) is 4.33. The molecular weight excluding hydrogens is 376 g/mol. The van der Waals surface area contributed by atoms with Gasteiger partial charge in [0.25, 0.3) is 5.91 Å². The van der Waals surface area contributed by atoms with Gasteiger partial charge >= 0.3 is 0 Å². The van der Waals surface area contributed by atoms with Gasteiger partial charge in [-0.3, -0.25) is 14.5 Å². The number of hydrogen-bond acceptors (Lipinski definition) is 4. The van der Waals surface area contributed by atoms with Gasteiger partial charge in [0, 0.05) is 48.5 Å². The summed E-state index contributed by atoms with van der Waals surface area (Å²) in [6.45, 7) is 1.85. The largest absolute Gasteiger partial charge is 0.364 e. The van der Waals surface area contributed by atoms with Gasteiger partial charge in [-0.05, 0) is 56.7 Å². The summed E-state index contributed by atoms with van der Waals surface area (Å²) >= 11 is 0. The van der Waals surface area contributed by atoms with Crippen LogP contribution in [0.3, 0.4) is 0 Å². The number of carbonyl (C=O) groups excluding carboxylic acids is 1. The van der Waals surface area contributed by atoms with Crippen molar-refractivity contribution in [1.29, 1.82) is 0 Å². The van der Waals surface area contributed by atoms with Crippen LogP contribution in [-0.2, 0) is 19.4 Å². The van der Waals surface area contributed by atoms with E-state index in [0.717, 1.165) is 55.7 Å². The zero-order chi connectivity index (χ0) is 20.3. The Balaban J connectivity index is 1.25. The normalized spacial score (nSPS) is 15.7. The summed E-state index contributed by atoms with van der Waals surface area (Å²) in [6, 6.07) is 6.64. The Morgan fingerprint density at radius 1 is 1.23 bits per heavy atom. The molecule has 0 atom stereocenters. The molecule has 7 nitrogen and oxygen atoms in total. The van der Waals surface area contributed by atoms with Crippen molar-refractivity contribution < 1.29 is 4.79 Å². The predicted octanol–water partition coefficient (Wildman–Crippen LogP) is 3.55. The zero-order valence-corrected chi connectivity index (χ0v) is 17.2. The number of H-pyrrole nitrogens is 1. The van der Waals surface area contributed by atoms with Crippen LogP contribution in [0.15, 0.2) is 36.8 Å². The Kier molecular flexibility index (Phi) is 5.36. The number of aromatic amines is 1. The molecule has 3 aromatic rings. The van der Waals surface area contributed by atoms with Gasteiger partial charge in [-0.25, -0.2) is 0 Å². The summed E-state index contributed by atoms with van der Waals surface area (Å²) in [5, 5.41) is 11.0. The first-order chi connectivity index (χ1) is 14.8. The third-order valence-electron chi connectivity index (χ3n) is 6.19. The Bertz CT molecular complexity index is 1030. The zero-order valence-electron chi connectivity index (χ0n) is 17.2. The third-order valence-corrected chi connectivity index (χ3v) is 6.19. The second kappa shape index (κ2) is 8.44. The van der Waals surface area contributed by atoms with E-state index < -0.39 is 0 Å². The highest BCUT2D eigenvalue weighted by molar-refractivity contribution is 6.08. The van der Waals surface area contributed by atoms with Crippen LogP contribution in [0, 0.1) is 0 Å². The van der Waals surface area contributed by atoms with Gasteiger partial charge in [0.2, 0.25) is 0 Å². The first-order valence-electron chi connectivity index (χ1n) is 11.0. The average molecular weight is 405 g/mol. The van der Waals surface area contributed by atoms with Gasteiger partial charge in [-0.15, -0.1) is 0 Å². The number of fused-ring (bicyclic) bond motifs is 3. The Morgan fingerprint density at radius 2 is 2.17 bits per heavy atom. The van der Waals surface area contributed by atoms with Gasteiger partial charge in [-0.2, -0.15) is 5.10 Å². The highest BCUT2D eigenvalue weighted by Gasteiger charge is 2.24. The van der Waals surface area contributed by atoms with Crippen molar-refractivity contribution in [2.24, 2.45) is 0 Å². The molecule has 30 heavy (non-hydrogen) atoms. The van der Waals surface area contributed by atoms with Crippen LogP contribution in [0.1, 0.15) is 53.7 Å². The van der Waals surface area contributed by atoms with E-state index in [1.165, 1.54) is 24.8 Å². The van der Waals surface area contributed by atoms with E-state index in [1.807, 2.05) is 23.0 Å². The van der Waals surface area contributed by atoms with Crippen molar-refractivity contribution >= 4 is 11.7 Å². The lowest BCUT2D eigenvalue weighted by atomic mass is 9.93. The van der Waals surface area contributed by atoms with Crippen molar-refractivity contribution in [3.8, 4) is 11.3 Å². The molecule has 1 amide bonds. The number of carbonyl (C=O) groups is 1. The van der Waals surface area contributed by atoms with E-state index in [9.17, 15) is 4.79 Å². The SMILES string of the molecule is O=C(Nc1ccn(CCCNC2CCC2)n1)c1c[nH]c2c1-c1ncccc1CCC2. The molecule has 0 radical (unpaired) electrons. The Labute approximate surface area is 176 Å². The van der Waals surface area contributed by atoms with E-state index in [0.29, 0.717) is 17.4 Å². The van der Waals surface area contributed by atoms with Crippen molar-refractivity contribution in [3.05, 3.63) is 53.6 Å². The van der Waals surface area contributed by atoms with Crippen LogP contribution in [0.2, 0.25) is 0 Å². The number of anilines is 1. The molecule has 5 rings (SSSR count).